The molecule has 21 heavy (non-hydrogen) atoms. The Hall–Kier alpha value is -2.50. The van der Waals surface area contributed by atoms with Crippen LogP contribution in [0.4, 0.5) is 5.82 Å². The Morgan fingerprint density at radius 3 is 2.71 bits per heavy atom. The number of nitrogens with zero attached hydrogens (tertiary/aromatic N) is 3. The van der Waals surface area contributed by atoms with E-state index in [2.05, 4.69) is 39.4 Å². The summed E-state index contributed by atoms with van der Waals surface area (Å²) in [5.74, 6) is 0.411. The monoisotopic (exact) mass is 285 g/mol. The second-order valence-electron chi connectivity index (χ2n) is 4.74. The first-order valence-corrected chi connectivity index (χ1v) is 6.95. The average Bonchev–Trinajstić information content (AvgIpc) is 2.54. The van der Waals surface area contributed by atoms with Crippen LogP contribution in [0.15, 0.2) is 36.8 Å². The maximum atomic E-state index is 11.9. The highest BCUT2D eigenvalue weighted by molar-refractivity contribution is 5.91. The fraction of sp³-hybridized carbons (Fsp3) is 0.333. The lowest BCUT2D eigenvalue weighted by atomic mass is 10.3. The number of nitrogens with one attached hydrogen (secondary N) is 2. The van der Waals surface area contributed by atoms with Crippen molar-refractivity contribution in [3.8, 4) is 0 Å². The van der Waals surface area contributed by atoms with E-state index in [1.807, 2.05) is 18.2 Å². The number of carbonyl (C=O) groups is 1. The van der Waals surface area contributed by atoms with Crippen LogP contribution in [-0.4, -0.2) is 26.9 Å². The number of hydrogen-bond donors (Lipinski definition) is 2. The van der Waals surface area contributed by atoms with Crippen molar-refractivity contribution >= 4 is 11.7 Å². The molecule has 1 unspecified atom stereocenters. The van der Waals surface area contributed by atoms with Crippen LogP contribution in [-0.2, 0) is 6.54 Å². The van der Waals surface area contributed by atoms with Gasteiger partial charge < -0.3 is 10.6 Å². The van der Waals surface area contributed by atoms with E-state index < -0.39 is 0 Å². The molecule has 0 aliphatic rings. The van der Waals surface area contributed by atoms with E-state index in [0.717, 1.165) is 12.1 Å². The average molecular weight is 285 g/mol. The highest BCUT2D eigenvalue weighted by atomic mass is 16.1. The van der Waals surface area contributed by atoms with Crippen LogP contribution in [0.25, 0.3) is 0 Å². The number of carbonyl (C=O) groups excluding carboxylic acids is 1. The molecular formula is C15H19N5O. The Balaban J connectivity index is 1.90. The molecule has 2 aromatic rings. The minimum absolute atomic E-state index is 0.261. The molecule has 1 atom stereocenters. The van der Waals surface area contributed by atoms with Gasteiger partial charge in [-0.15, -0.1) is 0 Å². The van der Waals surface area contributed by atoms with Crippen molar-refractivity contribution in [3.63, 3.8) is 0 Å². The predicted octanol–water partition coefficient (Wildman–Crippen LogP) is 2.01. The van der Waals surface area contributed by atoms with Gasteiger partial charge in [0.25, 0.3) is 5.91 Å². The van der Waals surface area contributed by atoms with Crippen molar-refractivity contribution in [1.29, 1.82) is 0 Å². The molecule has 0 saturated heterocycles. The van der Waals surface area contributed by atoms with Gasteiger partial charge in [0.05, 0.1) is 24.6 Å². The number of rotatable bonds is 6. The summed E-state index contributed by atoms with van der Waals surface area (Å²) in [7, 11) is 0. The number of amides is 1. The summed E-state index contributed by atoms with van der Waals surface area (Å²) in [6.07, 6.45) is 5.73. The van der Waals surface area contributed by atoms with Gasteiger partial charge in [-0.05, 0) is 25.5 Å². The fourth-order valence-electron chi connectivity index (χ4n) is 1.64. The first-order chi connectivity index (χ1) is 10.2. The molecule has 0 aliphatic carbocycles. The van der Waals surface area contributed by atoms with Gasteiger partial charge in [0, 0.05) is 12.2 Å². The predicted molar refractivity (Wildman–Crippen MR) is 80.8 cm³/mol. The zero-order chi connectivity index (χ0) is 15.1. The number of pyridine rings is 1. The van der Waals surface area contributed by atoms with E-state index in [-0.39, 0.29) is 5.91 Å². The molecule has 0 spiro atoms. The second kappa shape index (κ2) is 7.33. The summed E-state index contributed by atoms with van der Waals surface area (Å²) >= 11 is 0. The Bertz CT molecular complexity index is 570. The van der Waals surface area contributed by atoms with E-state index in [9.17, 15) is 4.79 Å². The van der Waals surface area contributed by atoms with Crippen molar-refractivity contribution in [2.24, 2.45) is 0 Å². The third kappa shape index (κ3) is 4.52. The lowest BCUT2D eigenvalue weighted by molar-refractivity contribution is 0.0945. The number of hydrogen-bond acceptors (Lipinski definition) is 5. The molecular weight excluding hydrogens is 266 g/mol. The van der Waals surface area contributed by atoms with Gasteiger partial charge in [-0.2, -0.15) is 0 Å². The normalized spacial score (nSPS) is 11.7. The topological polar surface area (TPSA) is 79.8 Å². The largest absolute Gasteiger partial charge is 0.366 e. The van der Waals surface area contributed by atoms with Gasteiger partial charge in [-0.3, -0.25) is 9.78 Å². The number of aromatic nitrogens is 3. The first kappa shape index (κ1) is 14.9. The van der Waals surface area contributed by atoms with Gasteiger partial charge >= 0.3 is 0 Å². The summed E-state index contributed by atoms with van der Waals surface area (Å²) in [5, 5.41) is 5.96. The quantitative estimate of drug-likeness (QED) is 0.848. The zero-order valence-corrected chi connectivity index (χ0v) is 12.2. The third-order valence-electron chi connectivity index (χ3n) is 3.05. The van der Waals surface area contributed by atoms with E-state index in [0.29, 0.717) is 24.1 Å². The Morgan fingerprint density at radius 1 is 1.24 bits per heavy atom. The number of anilines is 1. The maximum Gasteiger partial charge on any atom is 0.271 e. The summed E-state index contributed by atoms with van der Waals surface area (Å²) in [5.41, 5.74) is 1.09. The first-order valence-electron chi connectivity index (χ1n) is 6.95. The molecule has 0 saturated carbocycles. The smallest absolute Gasteiger partial charge is 0.271 e. The molecule has 0 aliphatic heterocycles. The van der Waals surface area contributed by atoms with Crippen LogP contribution < -0.4 is 10.6 Å². The van der Waals surface area contributed by atoms with Crippen molar-refractivity contribution < 1.29 is 4.79 Å². The summed E-state index contributed by atoms with van der Waals surface area (Å²) in [6.45, 7) is 4.52. The fourth-order valence-corrected chi connectivity index (χ4v) is 1.64. The SMILES string of the molecule is CCC(C)Nc1cnc(C(=O)NCc2ccccn2)cn1. The summed E-state index contributed by atoms with van der Waals surface area (Å²) < 4.78 is 0. The van der Waals surface area contributed by atoms with Gasteiger partial charge in [-0.25, -0.2) is 9.97 Å². The van der Waals surface area contributed by atoms with Gasteiger partial charge in [0.15, 0.2) is 0 Å². The van der Waals surface area contributed by atoms with E-state index in [1.54, 1.807) is 12.4 Å². The van der Waals surface area contributed by atoms with Crippen LogP contribution in [0.5, 0.6) is 0 Å². The molecule has 0 radical (unpaired) electrons. The van der Waals surface area contributed by atoms with Crippen molar-refractivity contribution in [1.82, 2.24) is 20.3 Å². The molecule has 2 N–H and O–H groups in total. The van der Waals surface area contributed by atoms with Crippen molar-refractivity contribution in [2.45, 2.75) is 32.9 Å². The molecule has 0 bridgehead atoms. The molecule has 2 heterocycles. The minimum atomic E-state index is -0.261. The van der Waals surface area contributed by atoms with E-state index >= 15 is 0 Å². The molecule has 0 aromatic carbocycles. The zero-order valence-electron chi connectivity index (χ0n) is 12.2. The lowest BCUT2D eigenvalue weighted by Crippen LogP contribution is -2.24. The minimum Gasteiger partial charge on any atom is -0.366 e. The van der Waals surface area contributed by atoms with Crippen LogP contribution in [0.2, 0.25) is 0 Å². The van der Waals surface area contributed by atoms with Gasteiger partial charge in [0.1, 0.15) is 11.5 Å². The van der Waals surface area contributed by atoms with Crippen LogP contribution in [0, 0.1) is 0 Å². The highest BCUT2D eigenvalue weighted by Gasteiger charge is 2.08. The van der Waals surface area contributed by atoms with Crippen LogP contribution in [0.3, 0.4) is 0 Å². The maximum absolute atomic E-state index is 11.9. The van der Waals surface area contributed by atoms with Crippen LogP contribution >= 0.6 is 0 Å². The molecule has 0 fully saturated rings. The highest BCUT2D eigenvalue weighted by Crippen LogP contribution is 2.05. The Labute approximate surface area is 124 Å². The van der Waals surface area contributed by atoms with Crippen molar-refractivity contribution in [3.05, 3.63) is 48.2 Å². The van der Waals surface area contributed by atoms with E-state index in [4.69, 9.17) is 0 Å². The Kier molecular flexibility index (Phi) is 5.20. The summed E-state index contributed by atoms with van der Waals surface area (Å²) in [4.78, 5) is 24.4. The van der Waals surface area contributed by atoms with Crippen LogP contribution in [0.1, 0.15) is 36.5 Å². The molecule has 2 aromatic heterocycles. The molecule has 110 valence electrons. The van der Waals surface area contributed by atoms with E-state index in [1.165, 1.54) is 6.20 Å². The summed E-state index contributed by atoms with van der Waals surface area (Å²) in [6, 6.07) is 5.89. The van der Waals surface area contributed by atoms with Crippen molar-refractivity contribution in [2.75, 3.05) is 5.32 Å². The standard InChI is InChI=1S/C15H19N5O/c1-3-11(2)20-14-10-17-13(9-18-14)15(21)19-8-12-6-4-5-7-16-12/h4-7,9-11H,3,8H2,1-2H3,(H,18,20)(H,19,21). The van der Waals surface area contributed by atoms with Gasteiger partial charge in [0.2, 0.25) is 0 Å². The molecule has 6 nitrogen and oxygen atoms in total. The molecule has 6 heteroatoms. The van der Waals surface area contributed by atoms with Gasteiger partial charge in [-0.1, -0.05) is 13.0 Å². The lowest BCUT2D eigenvalue weighted by Gasteiger charge is -2.11. The molecule has 2 rings (SSSR count). The third-order valence-corrected chi connectivity index (χ3v) is 3.05. The molecule has 1 amide bonds. The second-order valence-corrected chi connectivity index (χ2v) is 4.74. The Morgan fingerprint density at radius 2 is 2.10 bits per heavy atom.